The molecule has 0 unspecified atom stereocenters. The summed E-state index contributed by atoms with van der Waals surface area (Å²) in [6, 6.07) is 3.67. The molecule has 1 fully saturated rings. The molecule has 1 amide bonds. The molecular weight excluding hydrogens is 226 g/mol. The Kier molecular flexibility index (Phi) is 2.68. The van der Waals surface area contributed by atoms with Crippen LogP contribution in [0.4, 0.5) is 11.4 Å². The predicted octanol–water partition coefficient (Wildman–Crippen LogP) is 1.62. The van der Waals surface area contributed by atoms with Gasteiger partial charge >= 0.3 is 0 Å². The average Bonchev–Trinajstić information content (AvgIpc) is 2.98. The molecule has 1 aliphatic rings. The van der Waals surface area contributed by atoms with Crippen molar-refractivity contribution in [3.05, 3.63) is 22.7 Å². The summed E-state index contributed by atoms with van der Waals surface area (Å²) >= 11 is 6.12. The smallest absolute Gasteiger partial charge is 0.250 e. The highest BCUT2D eigenvalue weighted by Gasteiger charge is 2.30. The number of rotatable bonds is 3. The molecule has 4 nitrogen and oxygen atoms in total. The van der Waals surface area contributed by atoms with Crippen LogP contribution < -0.4 is 16.4 Å². The third-order valence-corrected chi connectivity index (χ3v) is 3.09. The molecule has 0 aliphatic heterocycles. The van der Waals surface area contributed by atoms with Crippen molar-refractivity contribution in [2.75, 3.05) is 17.7 Å². The first-order valence-electron chi connectivity index (χ1n) is 5.12. The maximum absolute atomic E-state index is 11.4. The number of nitrogens with two attached hydrogens (primary N) is 2. The summed E-state index contributed by atoms with van der Waals surface area (Å²) in [4.78, 5) is 13.4. The van der Waals surface area contributed by atoms with E-state index in [1.54, 1.807) is 12.1 Å². The molecule has 0 spiro atoms. The highest BCUT2D eigenvalue weighted by molar-refractivity contribution is 6.34. The highest BCUT2D eigenvalue weighted by atomic mass is 35.5. The molecule has 0 radical (unpaired) electrons. The molecule has 0 atom stereocenters. The van der Waals surface area contributed by atoms with Crippen LogP contribution in [-0.4, -0.2) is 19.0 Å². The molecule has 1 aromatic rings. The van der Waals surface area contributed by atoms with Gasteiger partial charge in [0.15, 0.2) is 0 Å². The van der Waals surface area contributed by atoms with E-state index in [0.29, 0.717) is 28.0 Å². The minimum absolute atomic E-state index is 0.388. The monoisotopic (exact) mass is 239 g/mol. The number of carbonyl (C=O) groups excluding carboxylic acids is 1. The van der Waals surface area contributed by atoms with E-state index in [1.165, 1.54) is 0 Å². The zero-order valence-electron chi connectivity index (χ0n) is 9.03. The Morgan fingerprint density at radius 2 is 2.12 bits per heavy atom. The lowest BCUT2D eigenvalue weighted by atomic mass is 10.1. The Balaban J connectivity index is 2.51. The maximum atomic E-state index is 11.4. The molecule has 5 heteroatoms. The minimum Gasteiger partial charge on any atom is -0.399 e. The Hall–Kier alpha value is -1.42. The van der Waals surface area contributed by atoms with E-state index in [0.717, 1.165) is 12.8 Å². The fourth-order valence-corrected chi connectivity index (χ4v) is 2.17. The largest absolute Gasteiger partial charge is 0.399 e. The molecule has 1 aliphatic carbocycles. The van der Waals surface area contributed by atoms with E-state index in [1.807, 2.05) is 11.9 Å². The Morgan fingerprint density at radius 1 is 1.50 bits per heavy atom. The summed E-state index contributed by atoms with van der Waals surface area (Å²) in [5.74, 6) is -0.503. The summed E-state index contributed by atoms with van der Waals surface area (Å²) in [5, 5.41) is 0.475. The van der Waals surface area contributed by atoms with Crippen LogP contribution in [-0.2, 0) is 0 Å². The van der Waals surface area contributed by atoms with Crippen molar-refractivity contribution in [1.29, 1.82) is 0 Å². The third-order valence-electron chi connectivity index (χ3n) is 2.80. The van der Waals surface area contributed by atoms with Gasteiger partial charge in [-0.25, -0.2) is 0 Å². The topological polar surface area (TPSA) is 72.3 Å². The van der Waals surface area contributed by atoms with Crippen LogP contribution in [0.2, 0.25) is 5.02 Å². The van der Waals surface area contributed by atoms with Crippen molar-refractivity contribution in [3.8, 4) is 0 Å². The van der Waals surface area contributed by atoms with Crippen molar-refractivity contribution in [3.63, 3.8) is 0 Å². The van der Waals surface area contributed by atoms with Gasteiger partial charge < -0.3 is 16.4 Å². The van der Waals surface area contributed by atoms with E-state index < -0.39 is 5.91 Å². The lowest BCUT2D eigenvalue weighted by Gasteiger charge is -2.22. The first-order valence-corrected chi connectivity index (χ1v) is 5.50. The number of nitrogens with zero attached hydrogens (tertiary/aromatic N) is 1. The fourth-order valence-electron chi connectivity index (χ4n) is 1.81. The van der Waals surface area contributed by atoms with E-state index in [4.69, 9.17) is 23.1 Å². The van der Waals surface area contributed by atoms with Crippen LogP contribution in [0.25, 0.3) is 0 Å². The zero-order valence-corrected chi connectivity index (χ0v) is 9.79. The van der Waals surface area contributed by atoms with Crippen molar-refractivity contribution < 1.29 is 4.79 Å². The summed E-state index contributed by atoms with van der Waals surface area (Å²) in [5.41, 5.74) is 12.5. The van der Waals surface area contributed by atoms with Gasteiger partial charge in [-0.3, -0.25) is 4.79 Å². The minimum atomic E-state index is -0.503. The molecule has 0 heterocycles. The number of anilines is 2. The van der Waals surface area contributed by atoms with E-state index in [-0.39, 0.29) is 0 Å². The van der Waals surface area contributed by atoms with Gasteiger partial charge in [0, 0.05) is 18.8 Å². The number of amides is 1. The quantitative estimate of drug-likeness (QED) is 0.788. The normalized spacial score (nSPS) is 14.9. The number of primary amides is 1. The van der Waals surface area contributed by atoms with Gasteiger partial charge in [0.2, 0.25) is 0 Å². The summed E-state index contributed by atoms with van der Waals surface area (Å²) in [6.45, 7) is 0. The first kappa shape index (κ1) is 11.1. The second-order valence-corrected chi connectivity index (χ2v) is 4.51. The number of hydrogen-bond donors (Lipinski definition) is 2. The molecule has 0 saturated heterocycles. The fraction of sp³-hybridized carbons (Fsp3) is 0.364. The number of nitrogen functional groups attached to an aromatic ring is 1. The van der Waals surface area contributed by atoms with Crippen LogP contribution in [0.3, 0.4) is 0 Å². The predicted molar refractivity (Wildman–Crippen MR) is 65.8 cm³/mol. The van der Waals surface area contributed by atoms with Crippen LogP contribution in [0.1, 0.15) is 23.2 Å². The number of hydrogen-bond acceptors (Lipinski definition) is 3. The van der Waals surface area contributed by atoms with Crippen LogP contribution in [0.5, 0.6) is 0 Å². The van der Waals surface area contributed by atoms with Crippen LogP contribution in [0.15, 0.2) is 12.1 Å². The highest BCUT2D eigenvalue weighted by Crippen LogP contribution is 2.37. The average molecular weight is 240 g/mol. The molecule has 1 aromatic carbocycles. The Bertz CT molecular complexity index is 443. The third kappa shape index (κ3) is 1.93. The van der Waals surface area contributed by atoms with Gasteiger partial charge in [0.25, 0.3) is 5.91 Å². The van der Waals surface area contributed by atoms with Crippen molar-refractivity contribution in [2.24, 2.45) is 5.73 Å². The van der Waals surface area contributed by atoms with Gasteiger partial charge in [-0.2, -0.15) is 0 Å². The molecule has 0 bridgehead atoms. The molecule has 16 heavy (non-hydrogen) atoms. The van der Waals surface area contributed by atoms with E-state index in [9.17, 15) is 4.79 Å². The van der Waals surface area contributed by atoms with E-state index in [2.05, 4.69) is 0 Å². The van der Waals surface area contributed by atoms with Crippen molar-refractivity contribution in [1.82, 2.24) is 0 Å². The lowest BCUT2D eigenvalue weighted by Crippen LogP contribution is -2.24. The summed E-state index contributed by atoms with van der Waals surface area (Å²) in [6.07, 6.45) is 2.24. The Labute approximate surface area is 99.2 Å². The summed E-state index contributed by atoms with van der Waals surface area (Å²) in [7, 11) is 1.92. The number of carbonyl (C=O) groups is 1. The molecule has 1 saturated carbocycles. The van der Waals surface area contributed by atoms with Crippen molar-refractivity contribution in [2.45, 2.75) is 18.9 Å². The number of benzene rings is 1. The van der Waals surface area contributed by atoms with Gasteiger partial charge in [-0.05, 0) is 25.0 Å². The maximum Gasteiger partial charge on any atom is 0.250 e. The van der Waals surface area contributed by atoms with Gasteiger partial charge in [0.05, 0.1) is 16.3 Å². The van der Waals surface area contributed by atoms with Gasteiger partial charge in [-0.15, -0.1) is 0 Å². The standard InChI is InChI=1S/C11H14ClN3O/c1-15(7-2-3-7)10-8(11(14)16)4-6(13)5-9(10)12/h4-5,7H,2-3,13H2,1H3,(H2,14,16). The molecular formula is C11H14ClN3O. The van der Waals surface area contributed by atoms with Gasteiger partial charge in [0.1, 0.15) is 0 Å². The Morgan fingerprint density at radius 3 is 2.62 bits per heavy atom. The van der Waals surface area contributed by atoms with E-state index >= 15 is 0 Å². The van der Waals surface area contributed by atoms with Gasteiger partial charge in [-0.1, -0.05) is 11.6 Å². The zero-order chi connectivity index (χ0) is 11.9. The molecule has 0 aromatic heterocycles. The molecule has 4 N–H and O–H groups in total. The summed E-state index contributed by atoms with van der Waals surface area (Å²) < 4.78 is 0. The number of halogens is 1. The molecule has 86 valence electrons. The first-order chi connectivity index (χ1) is 7.50. The second-order valence-electron chi connectivity index (χ2n) is 4.11. The van der Waals surface area contributed by atoms with Crippen molar-refractivity contribution >= 4 is 28.9 Å². The molecule has 2 rings (SSSR count). The second kappa shape index (κ2) is 3.87. The lowest BCUT2D eigenvalue weighted by molar-refractivity contribution is 0.100. The SMILES string of the molecule is CN(c1c(Cl)cc(N)cc1C(N)=O)C1CC1. The van der Waals surface area contributed by atoms with Crippen LogP contribution in [0, 0.1) is 0 Å². The van der Waals surface area contributed by atoms with Crippen LogP contribution >= 0.6 is 11.6 Å².